The van der Waals surface area contributed by atoms with E-state index in [-0.39, 0.29) is 5.78 Å². The lowest BCUT2D eigenvalue weighted by atomic mass is 9.89. The molecule has 1 heterocycles. The number of ketones is 1. The van der Waals surface area contributed by atoms with Crippen molar-refractivity contribution in [2.45, 2.75) is 38.9 Å². The van der Waals surface area contributed by atoms with Crippen LogP contribution in [0.2, 0.25) is 0 Å². The van der Waals surface area contributed by atoms with E-state index in [2.05, 4.69) is 12.1 Å². The van der Waals surface area contributed by atoms with E-state index >= 15 is 0 Å². The summed E-state index contributed by atoms with van der Waals surface area (Å²) in [5, 5.41) is 0. The van der Waals surface area contributed by atoms with Crippen molar-refractivity contribution in [1.29, 1.82) is 0 Å². The molecular weight excluding hydrogens is 260 g/mol. The maximum Gasteiger partial charge on any atom is 0.193 e. The summed E-state index contributed by atoms with van der Waals surface area (Å²) in [7, 11) is 0. The number of hydrogen-bond donors (Lipinski definition) is 0. The molecule has 1 aliphatic carbocycles. The molecular formula is C19H18O2. The molecule has 4 rings (SSSR count). The zero-order chi connectivity index (χ0) is 14.2. The maximum absolute atomic E-state index is 12.7. The minimum Gasteiger partial charge on any atom is -0.372 e. The molecule has 21 heavy (non-hydrogen) atoms. The minimum absolute atomic E-state index is 0.123. The van der Waals surface area contributed by atoms with E-state index in [9.17, 15) is 4.79 Å². The second kappa shape index (κ2) is 5.12. The van der Waals surface area contributed by atoms with Crippen LogP contribution in [0.3, 0.4) is 0 Å². The zero-order valence-electron chi connectivity index (χ0n) is 12.0. The van der Waals surface area contributed by atoms with Gasteiger partial charge in [-0.2, -0.15) is 0 Å². The molecule has 1 aliphatic heterocycles. The summed E-state index contributed by atoms with van der Waals surface area (Å²) < 4.78 is 5.42. The molecule has 0 radical (unpaired) electrons. The number of carbonyl (C=O) groups is 1. The Morgan fingerprint density at radius 1 is 0.762 bits per heavy atom. The Kier molecular flexibility index (Phi) is 3.12. The molecule has 2 aliphatic rings. The molecule has 0 aromatic heterocycles. The molecule has 0 unspecified atom stereocenters. The highest BCUT2D eigenvalue weighted by atomic mass is 16.5. The Balaban J connectivity index is 1.68. The average Bonchev–Trinajstić information content (AvgIpc) is 3.01. The van der Waals surface area contributed by atoms with E-state index in [4.69, 9.17) is 4.74 Å². The summed E-state index contributed by atoms with van der Waals surface area (Å²) in [6, 6.07) is 12.2. The van der Waals surface area contributed by atoms with Gasteiger partial charge in [0.05, 0.1) is 13.2 Å². The highest BCUT2D eigenvalue weighted by Crippen LogP contribution is 2.25. The van der Waals surface area contributed by atoms with Gasteiger partial charge >= 0.3 is 0 Å². The van der Waals surface area contributed by atoms with Crippen LogP contribution in [0.1, 0.15) is 51.0 Å². The van der Waals surface area contributed by atoms with Crippen LogP contribution < -0.4 is 0 Å². The first-order valence-electron chi connectivity index (χ1n) is 7.67. The molecule has 2 nitrogen and oxygen atoms in total. The standard InChI is InChI=1S/C19H18O2/c20-19(16-7-8-17-11-21-12-18(17)10-16)15-6-5-13-3-1-2-4-14(13)9-15/h5-10H,1-4,11-12H2. The van der Waals surface area contributed by atoms with Crippen molar-refractivity contribution in [1.82, 2.24) is 0 Å². The second-order valence-corrected chi connectivity index (χ2v) is 6.00. The third-order valence-electron chi connectivity index (χ3n) is 4.59. The monoisotopic (exact) mass is 278 g/mol. The van der Waals surface area contributed by atoms with Crippen molar-refractivity contribution < 1.29 is 9.53 Å². The topological polar surface area (TPSA) is 26.3 Å². The quantitative estimate of drug-likeness (QED) is 0.780. The number of benzene rings is 2. The van der Waals surface area contributed by atoms with Crippen molar-refractivity contribution in [3.8, 4) is 0 Å². The smallest absolute Gasteiger partial charge is 0.193 e. The predicted octanol–water partition coefficient (Wildman–Crippen LogP) is 3.83. The molecule has 0 atom stereocenters. The molecule has 0 saturated heterocycles. The van der Waals surface area contributed by atoms with E-state index in [0.29, 0.717) is 13.2 Å². The fourth-order valence-corrected chi connectivity index (χ4v) is 3.35. The Morgan fingerprint density at radius 2 is 1.38 bits per heavy atom. The molecule has 0 spiro atoms. The summed E-state index contributed by atoms with van der Waals surface area (Å²) >= 11 is 0. The van der Waals surface area contributed by atoms with Crippen LogP contribution in [0, 0.1) is 0 Å². The summed E-state index contributed by atoms with van der Waals surface area (Å²) in [4.78, 5) is 12.7. The van der Waals surface area contributed by atoms with Crippen molar-refractivity contribution in [3.63, 3.8) is 0 Å². The molecule has 0 amide bonds. The first kappa shape index (κ1) is 12.8. The van der Waals surface area contributed by atoms with E-state index in [1.165, 1.54) is 29.5 Å². The van der Waals surface area contributed by atoms with E-state index < -0.39 is 0 Å². The fraction of sp³-hybridized carbons (Fsp3) is 0.316. The van der Waals surface area contributed by atoms with E-state index in [0.717, 1.165) is 29.5 Å². The van der Waals surface area contributed by atoms with Gasteiger partial charge < -0.3 is 4.74 Å². The number of aryl methyl sites for hydroxylation is 2. The number of carbonyl (C=O) groups excluding carboxylic acids is 1. The Morgan fingerprint density at radius 3 is 2.19 bits per heavy atom. The van der Waals surface area contributed by atoms with Crippen molar-refractivity contribution in [2.75, 3.05) is 0 Å². The lowest BCUT2D eigenvalue weighted by molar-refractivity contribution is 0.103. The van der Waals surface area contributed by atoms with Crippen LogP contribution in [0.5, 0.6) is 0 Å². The highest BCUT2D eigenvalue weighted by Gasteiger charge is 2.17. The summed E-state index contributed by atoms with van der Waals surface area (Å²) in [5.74, 6) is 0.123. The SMILES string of the molecule is O=C(c1ccc2c(c1)CCCC2)c1ccc2c(c1)COC2. The van der Waals surface area contributed by atoms with Crippen molar-refractivity contribution in [2.24, 2.45) is 0 Å². The number of ether oxygens (including phenoxy) is 1. The van der Waals surface area contributed by atoms with Crippen LogP contribution >= 0.6 is 0 Å². The van der Waals surface area contributed by atoms with Gasteiger partial charge in [0.15, 0.2) is 5.78 Å². The van der Waals surface area contributed by atoms with Gasteiger partial charge in [-0.15, -0.1) is 0 Å². The largest absolute Gasteiger partial charge is 0.372 e. The third kappa shape index (κ3) is 2.30. The molecule has 0 N–H and O–H groups in total. The second-order valence-electron chi connectivity index (χ2n) is 6.00. The molecule has 2 heteroatoms. The van der Waals surface area contributed by atoms with Crippen LogP contribution in [-0.4, -0.2) is 5.78 Å². The van der Waals surface area contributed by atoms with Gasteiger partial charge in [-0.1, -0.05) is 24.3 Å². The van der Waals surface area contributed by atoms with Gasteiger partial charge in [0, 0.05) is 11.1 Å². The number of hydrogen-bond acceptors (Lipinski definition) is 2. The highest BCUT2D eigenvalue weighted by molar-refractivity contribution is 6.09. The Labute approximate surface area is 124 Å². The first-order chi connectivity index (χ1) is 10.3. The number of rotatable bonds is 2. The van der Waals surface area contributed by atoms with Gasteiger partial charge in [0.2, 0.25) is 0 Å². The van der Waals surface area contributed by atoms with Crippen molar-refractivity contribution in [3.05, 3.63) is 69.8 Å². The minimum atomic E-state index is 0.123. The van der Waals surface area contributed by atoms with E-state index in [1.54, 1.807) is 0 Å². The lowest BCUT2D eigenvalue weighted by Crippen LogP contribution is -2.07. The molecule has 0 bridgehead atoms. The lowest BCUT2D eigenvalue weighted by Gasteiger charge is -2.16. The number of fused-ring (bicyclic) bond motifs is 2. The van der Waals surface area contributed by atoms with Gasteiger partial charge in [0.25, 0.3) is 0 Å². The van der Waals surface area contributed by atoms with E-state index in [1.807, 2.05) is 24.3 Å². The van der Waals surface area contributed by atoms with Crippen LogP contribution in [0.25, 0.3) is 0 Å². The van der Waals surface area contributed by atoms with Gasteiger partial charge in [-0.25, -0.2) is 0 Å². The molecule has 0 fully saturated rings. The molecule has 0 saturated carbocycles. The average molecular weight is 278 g/mol. The predicted molar refractivity (Wildman–Crippen MR) is 81.5 cm³/mol. The molecule has 2 aromatic carbocycles. The van der Waals surface area contributed by atoms with Gasteiger partial charge in [-0.05, 0) is 60.1 Å². The Bertz CT molecular complexity index is 716. The molecule has 106 valence electrons. The summed E-state index contributed by atoms with van der Waals surface area (Å²) in [6.07, 6.45) is 4.76. The van der Waals surface area contributed by atoms with Crippen LogP contribution in [0.15, 0.2) is 36.4 Å². The summed E-state index contributed by atoms with van der Waals surface area (Å²) in [6.45, 7) is 1.29. The van der Waals surface area contributed by atoms with Crippen molar-refractivity contribution >= 4 is 5.78 Å². The van der Waals surface area contributed by atoms with Gasteiger partial charge in [-0.3, -0.25) is 4.79 Å². The third-order valence-corrected chi connectivity index (χ3v) is 4.59. The van der Waals surface area contributed by atoms with Crippen LogP contribution in [-0.2, 0) is 30.8 Å². The fourth-order valence-electron chi connectivity index (χ4n) is 3.35. The molecule has 2 aromatic rings. The Hall–Kier alpha value is -1.93. The maximum atomic E-state index is 12.7. The van der Waals surface area contributed by atoms with Crippen LogP contribution in [0.4, 0.5) is 0 Å². The summed E-state index contributed by atoms with van der Waals surface area (Å²) in [5.41, 5.74) is 6.72. The normalized spacial score (nSPS) is 16.4. The first-order valence-corrected chi connectivity index (χ1v) is 7.67. The van der Waals surface area contributed by atoms with Gasteiger partial charge in [0.1, 0.15) is 0 Å². The zero-order valence-corrected chi connectivity index (χ0v) is 12.0.